The normalized spacial score (nSPS) is 14.5. The van der Waals surface area contributed by atoms with Crippen molar-refractivity contribution in [3.05, 3.63) is 65.2 Å². The number of urea groups is 1. The highest BCUT2D eigenvalue weighted by atomic mass is 16.2. The van der Waals surface area contributed by atoms with Gasteiger partial charge in [-0.15, -0.1) is 0 Å². The van der Waals surface area contributed by atoms with E-state index in [1.54, 1.807) is 0 Å². The Morgan fingerprint density at radius 1 is 1.00 bits per heavy atom. The van der Waals surface area contributed by atoms with Crippen LogP contribution in [0.5, 0.6) is 0 Å². The number of carbonyl (C=O) groups is 1. The second-order valence-corrected chi connectivity index (χ2v) is 6.55. The largest absolute Gasteiger partial charge is 0.368 e. The first kappa shape index (κ1) is 17.3. The Labute approximate surface area is 150 Å². The van der Waals surface area contributed by atoms with Gasteiger partial charge >= 0.3 is 6.03 Å². The third-order valence-corrected chi connectivity index (χ3v) is 4.87. The molecule has 1 aliphatic heterocycles. The summed E-state index contributed by atoms with van der Waals surface area (Å²) in [6.45, 7) is 8.25. The van der Waals surface area contributed by atoms with Crippen LogP contribution in [-0.4, -0.2) is 37.1 Å². The van der Waals surface area contributed by atoms with Gasteiger partial charge in [0.1, 0.15) is 0 Å². The number of aryl methyl sites for hydroxylation is 2. The fourth-order valence-corrected chi connectivity index (χ4v) is 3.48. The Bertz CT molecular complexity index is 706. The highest BCUT2D eigenvalue weighted by Crippen LogP contribution is 2.26. The summed E-state index contributed by atoms with van der Waals surface area (Å²) in [6.07, 6.45) is 1.04. The Morgan fingerprint density at radius 3 is 2.40 bits per heavy atom. The lowest BCUT2D eigenvalue weighted by molar-refractivity contribution is 0.194. The van der Waals surface area contributed by atoms with E-state index in [1.165, 1.54) is 16.8 Å². The Kier molecular flexibility index (Phi) is 5.59. The van der Waals surface area contributed by atoms with Gasteiger partial charge in [0.25, 0.3) is 0 Å². The van der Waals surface area contributed by atoms with E-state index in [9.17, 15) is 4.79 Å². The highest BCUT2D eigenvalue weighted by Gasteiger charge is 2.23. The molecule has 132 valence electrons. The van der Waals surface area contributed by atoms with Crippen LogP contribution in [0, 0.1) is 6.92 Å². The van der Waals surface area contributed by atoms with Crippen molar-refractivity contribution in [2.75, 3.05) is 31.1 Å². The maximum atomic E-state index is 12.4. The molecular weight excluding hydrogens is 310 g/mol. The number of amides is 2. The average Bonchev–Trinajstić information content (AvgIpc) is 2.67. The quantitative estimate of drug-likeness (QED) is 0.925. The van der Waals surface area contributed by atoms with Crippen molar-refractivity contribution in [2.24, 2.45) is 0 Å². The van der Waals surface area contributed by atoms with E-state index in [-0.39, 0.29) is 6.03 Å². The van der Waals surface area contributed by atoms with Crippen molar-refractivity contribution in [3.63, 3.8) is 0 Å². The molecule has 1 N–H and O–H groups in total. The van der Waals surface area contributed by atoms with E-state index in [0.717, 1.165) is 38.2 Å². The monoisotopic (exact) mass is 337 g/mol. The lowest BCUT2D eigenvalue weighted by Gasteiger charge is -2.37. The first-order valence-electron chi connectivity index (χ1n) is 9.09. The number of benzene rings is 2. The minimum absolute atomic E-state index is 0.0315. The number of anilines is 1. The molecule has 0 spiro atoms. The Hall–Kier alpha value is -2.49. The standard InChI is InChI=1S/C21H27N3O/c1-3-19-11-7-8-17(2)20(19)23-12-14-24(15-13-23)21(25)22-16-18-9-5-4-6-10-18/h4-11H,3,12-16H2,1-2H3,(H,22,25). The minimum Gasteiger partial charge on any atom is -0.368 e. The number of hydrogen-bond acceptors (Lipinski definition) is 2. The highest BCUT2D eigenvalue weighted by molar-refractivity contribution is 5.74. The molecule has 2 aromatic rings. The van der Waals surface area contributed by atoms with Gasteiger partial charge in [0.05, 0.1) is 0 Å². The van der Waals surface area contributed by atoms with Gasteiger partial charge in [0.15, 0.2) is 0 Å². The van der Waals surface area contributed by atoms with Crippen LogP contribution in [0.25, 0.3) is 0 Å². The molecule has 0 unspecified atom stereocenters. The second kappa shape index (κ2) is 8.06. The lowest BCUT2D eigenvalue weighted by atomic mass is 10.0. The second-order valence-electron chi connectivity index (χ2n) is 6.55. The van der Waals surface area contributed by atoms with Gasteiger partial charge in [-0.1, -0.05) is 55.5 Å². The van der Waals surface area contributed by atoms with Crippen molar-refractivity contribution in [2.45, 2.75) is 26.8 Å². The number of hydrogen-bond donors (Lipinski definition) is 1. The fourth-order valence-electron chi connectivity index (χ4n) is 3.48. The molecule has 0 atom stereocenters. The third kappa shape index (κ3) is 4.13. The van der Waals surface area contributed by atoms with Crippen LogP contribution >= 0.6 is 0 Å². The van der Waals surface area contributed by atoms with Gasteiger partial charge in [-0.25, -0.2) is 4.79 Å². The summed E-state index contributed by atoms with van der Waals surface area (Å²) in [6, 6.07) is 16.6. The molecule has 1 aliphatic rings. The number of nitrogens with one attached hydrogen (secondary N) is 1. The molecule has 1 saturated heterocycles. The number of para-hydroxylation sites is 1. The predicted molar refractivity (Wildman–Crippen MR) is 103 cm³/mol. The van der Waals surface area contributed by atoms with Crippen LogP contribution in [0.3, 0.4) is 0 Å². The smallest absolute Gasteiger partial charge is 0.317 e. The van der Waals surface area contributed by atoms with E-state index >= 15 is 0 Å². The van der Waals surface area contributed by atoms with E-state index in [4.69, 9.17) is 0 Å². The molecule has 0 radical (unpaired) electrons. The molecule has 0 bridgehead atoms. The minimum atomic E-state index is 0.0315. The molecule has 1 heterocycles. The SMILES string of the molecule is CCc1cccc(C)c1N1CCN(C(=O)NCc2ccccc2)CC1. The van der Waals surface area contributed by atoms with E-state index < -0.39 is 0 Å². The molecular formula is C21H27N3O. The van der Waals surface area contributed by atoms with Crippen LogP contribution in [0.1, 0.15) is 23.6 Å². The first-order valence-corrected chi connectivity index (χ1v) is 9.09. The van der Waals surface area contributed by atoms with Gasteiger partial charge in [-0.05, 0) is 30.0 Å². The zero-order valence-electron chi connectivity index (χ0n) is 15.2. The zero-order chi connectivity index (χ0) is 17.6. The van der Waals surface area contributed by atoms with Gasteiger partial charge in [-0.2, -0.15) is 0 Å². The van der Waals surface area contributed by atoms with E-state index in [0.29, 0.717) is 6.54 Å². The number of nitrogens with zero attached hydrogens (tertiary/aromatic N) is 2. The van der Waals surface area contributed by atoms with Crippen LogP contribution in [-0.2, 0) is 13.0 Å². The molecule has 0 aliphatic carbocycles. The zero-order valence-corrected chi connectivity index (χ0v) is 15.2. The van der Waals surface area contributed by atoms with Crippen molar-refractivity contribution in [1.82, 2.24) is 10.2 Å². The van der Waals surface area contributed by atoms with E-state index in [2.05, 4.69) is 42.3 Å². The molecule has 0 saturated carbocycles. The van der Waals surface area contributed by atoms with Crippen LogP contribution < -0.4 is 10.2 Å². The number of carbonyl (C=O) groups excluding carboxylic acids is 1. The number of piperazine rings is 1. The van der Waals surface area contributed by atoms with Crippen molar-refractivity contribution in [3.8, 4) is 0 Å². The predicted octanol–water partition coefficient (Wildman–Crippen LogP) is 3.59. The molecule has 2 amide bonds. The summed E-state index contributed by atoms with van der Waals surface area (Å²) in [7, 11) is 0. The Morgan fingerprint density at radius 2 is 1.72 bits per heavy atom. The summed E-state index contributed by atoms with van der Waals surface area (Å²) >= 11 is 0. The topological polar surface area (TPSA) is 35.6 Å². The number of rotatable bonds is 4. The molecule has 3 rings (SSSR count). The summed E-state index contributed by atoms with van der Waals surface area (Å²) in [5, 5.41) is 3.03. The molecule has 1 fully saturated rings. The van der Waals surface area contributed by atoms with Crippen LogP contribution in [0.15, 0.2) is 48.5 Å². The molecule has 25 heavy (non-hydrogen) atoms. The van der Waals surface area contributed by atoms with Crippen molar-refractivity contribution in [1.29, 1.82) is 0 Å². The molecule has 4 nitrogen and oxygen atoms in total. The maximum Gasteiger partial charge on any atom is 0.317 e. The van der Waals surface area contributed by atoms with Gasteiger partial charge in [0, 0.05) is 38.4 Å². The summed E-state index contributed by atoms with van der Waals surface area (Å²) in [5.41, 5.74) is 5.19. The van der Waals surface area contributed by atoms with Crippen molar-refractivity contribution >= 4 is 11.7 Å². The average molecular weight is 337 g/mol. The maximum absolute atomic E-state index is 12.4. The van der Waals surface area contributed by atoms with Crippen molar-refractivity contribution < 1.29 is 4.79 Å². The molecule has 2 aromatic carbocycles. The van der Waals surface area contributed by atoms with Gasteiger partial charge in [0.2, 0.25) is 0 Å². The van der Waals surface area contributed by atoms with Crippen LogP contribution in [0.4, 0.5) is 10.5 Å². The summed E-state index contributed by atoms with van der Waals surface area (Å²) in [4.78, 5) is 16.7. The Balaban J connectivity index is 1.56. The molecule has 0 aromatic heterocycles. The summed E-state index contributed by atoms with van der Waals surface area (Å²) in [5.74, 6) is 0. The lowest BCUT2D eigenvalue weighted by Crippen LogP contribution is -2.52. The van der Waals surface area contributed by atoms with Gasteiger partial charge in [-0.3, -0.25) is 0 Å². The van der Waals surface area contributed by atoms with Gasteiger partial charge < -0.3 is 15.1 Å². The van der Waals surface area contributed by atoms with Crippen LogP contribution in [0.2, 0.25) is 0 Å². The first-order chi connectivity index (χ1) is 12.2. The summed E-state index contributed by atoms with van der Waals surface area (Å²) < 4.78 is 0. The third-order valence-electron chi connectivity index (χ3n) is 4.87. The van der Waals surface area contributed by atoms with E-state index in [1.807, 2.05) is 35.2 Å². The fraction of sp³-hybridized carbons (Fsp3) is 0.381. The molecule has 4 heteroatoms.